The van der Waals surface area contributed by atoms with Gasteiger partial charge in [0.1, 0.15) is 0 Å². The largest absolute Gasteiger partial charge is 0.381 e. The number of nitrogens with zero attached hydrogens (tertiary/aromatic N) is 1. The van der Waals surface area contributed by atoms with Crippen LogP contribution in [-0.2, 0) is 4.74 Å². The molecule has 2 aromatic carbocycles. The summed E-state index contributed by atoms with van der Waals surface area (Å²) >= 11 is 6.35. The van der Waals surface area contributed by atoms with E-state index in [0.29, 0.717) is 16.9 Å². The van der Waals surface area contributed by atoms with Gasteiger partial charge < -0.3 is 20.0 Å². The van der Waals surface area contributed by atoms with E-state index in [4.69, 9.17) is 16.3 Å². The van der Waals surface area contributed by atoms with E-state index >= 15 is 0 Å². The molecular formula is C20H19ClN4O. The molecule has 0 amide bonds. The van der Waals surface area contributed by atoms with Gasteiger partial charge in [0.2, 0.25) is 5.95 Å². The molecule has 3 heterocycles. The molecule has 0 saturated carbocycles. The predicted octanol–water partition coefficient (Wildman–Crippen LogP) is 5.34. The molecule has 3 N–H and O–H groups in total. The minimum atomic E-state index is 0.474. The zero-order valence-electron chi connectivity index (χ0n) is 14.2. The molecule has 1 atom stereocenters. The van der Waals surface area contributed by atoms with Crippen molar-refractivity contribution in [1.29, 1.82) is 0 Å². The summed E-state index contributed by atoms with van der Waals surface area (Å²) in [7, 11) is 0. The van der Waals surface area contributed by atoms with Crippen molar-refractivity contribution in [1.82, 2.24) is 15.0 Å². The van der Waals surface area contributed by atoms with Gasteiger partial charge in [-0.25, -0.2) is 4.98 Å². The van der Waals surface area contributed by atoms with E-state index < -0.39 is 0 Å². The molecule has 0 radical (unpaired) electrons. The molecule has 132 valence electrons. The van der Waals surface area contributed by atoms with Gasteiger partial charge in [-0.15, -0.1) is 0 Å². The number of benzene rings is 2. The third-order valence-electron chi connectivity index (χ3n) is 5.02. The van der Waals surface area contributed by atoms with Crippen molar-refractivity contribution >= 4 is 45.2 Å². The molecule has 1 saturated heterocycles. The first-order valence-electron chi connectivity index (χ1n) is 8.87. The summed E-state index contributed by atoms with van der Waals surface area (Å²) in [4.78, 5) is 11.2. The summed E-state index contributed by atoms with van der Waals surface area (Å²) in [5, 5.41) is 5.04. The number of imidazole rings is 1. The number of rotatable bonds is 3. The average Bonchev–Trinajstić information content (AvgIpc) is 3.28. The number of nitrogens with one attached hydrogen (secondary N) is 3. The summed E-state index contributed by atoms with van der Waals surface area (Å²) in [6, 6.07) is 12.3. The van der Waals surface area contributed by atoms with Crippen LogP contribution in [0.1, 0.15) is 24.3 Å². The Balaban J connectivity index is 1.45. The van der Waals surface area contributed by atoms with Crippen molar-refractivity contribution in [2.75, 3.05) is 18.5 Å². The highest BCUT2D eigenvalue weighted by Gasteiger charge is 2.17. The highest BCUT2D eigenvalue weighted by atomic mass is 35.5. The van der Waals surface area contributed by atoms with Crippen LogP contribution in [0.25, 0.3) is 21.9 Å². The van der Waals surface area contributed by atoms with Crippen molar-refractivity contribution in [2.24, 2.45) is 0 Å². The van der Waals surface area contributed by atoms with E-state index in [0.717, 1.165) is 47.3 Å². The molecule has 0 spiro atoms. The number of aromatic nitrogens is 3. The minimum absolute atomic E-state index is 0.474. The van der Waals surface area contributed by atoms with Gasteiger partial charge in [-0.1, -0.05) is 17.7 Å². The highest BCUT2D eigenvalue weighted by Crippen LogP contribution is 2.30. The first kappa shape index (κ1) is 15.7. The van der Waals surface area contributed by atoms with Gasteiger partial charge in [-0.05, 0) is 48.7 Å². The summed E-state index contributed by atoms with van der Waals surface area (Å²) in [6.45, 7) is 1.68. The normalized spacial score (nSPS) is 17.8. The maximum absolute atomic E-state index is 6.35. The summed E-state index contributed by atoms with van der Waals surface area (Å²) in [6.07, 6.45) is 4.19. The number of fused-ring (bicyclic) bond motifs is 2. The van der Waals surface area contributed by atoms with Gasteiger partial charge >= 0.3 is 0 Å². The molecule has 26 heavy (non-hydrogen) atoms. The molecular weight excluding hydrogens is 348 g/mol. The van der Waals surface area contributed by atoms with E-state index in [1.807, 2.05) is 24.4 Å². The lowest BCUT2D eigenvalue weighted by Gasteiger charge is -2.22. The lowest BCUT2D eigenvalue weighted by atomic mass is 9.93. The SMILES string of the molecule is Clc1cc(Nc2nc3ccc(C4CCCOC4)cc3[nH]2)cc2[nH]ccc12. The van der Waals surface area contributed by atoms with Gasteiger partial charge in [0.05, 0.1) is 22.7 Å². The van der Waals surface area contributed by atoms with Gasteiger partial charge in [0.25, 0.3) is 0 Å². The Morgan fingerprint density at radius 1 is 1.15 bits per heavy atom. The molecule has 5 rings (SSSR count). The maximum Gasteiger partial charge on any atom is 0.205 e. The Labute approximate surface area is 155 Å². The lowest BCUT2D eigenvalue weighted by Crippen LogP contribution is -2.15. The fourth-order valence-corrected chi connectivity index (χ4v) is 3.96. The Kier molecular flexibility index (Phi) is 3.84. The first-order valence-corrected chi connectivity index (χ1v) is 9.25. The van der Waals surface area contributed by atoms with Gasteiger partial charge in [-0.2, -0.15) is 0 Å². The van der Waals surface area contributed by atoms with E-state index in [9.17, 15) is 0 Å². The highest BCUT2D eigenvalue weighted by molar-refractivity contribution is 6.35. The van der Waals surface area contributed by atoms with Crippen LogP contribution in [0.15, 0.2) is 42.6 Å². The zero-order chi connectivity index (χ0) is 17.5. The standard InChI is InChI=1S/C20H19ClN4O/c21-16-9-14(10-18-15(16)5-6-22-18)23-20-24-17-4-3-12(8-19(17)25-20)13-2-1-7-26-11-13/h3-6,8-10,13,22H,1-2,7,11H2,(H2,23,24,25). The number of anilines is 2. The first-order chi connectivity index (χ1) is 12.8. The van der Waals surface area contributed by atoms with Crippen LogP contribution in [-0.4, -0.2) is 28.2 Å². The Morgan fingerprint density at radius 3 is 3.00 bits per heavy atom. The predicted molar refractivity (Wildman–Crippen MR) is 105 cm³/mol. The lowest BCUT2D eigenvalue weighted by molar-refractivity contribution is 0.0805. The van der Waals surface area contributed by atoms with Gasteiger partial charge in [0, 0.05) is 35.3 Å². The monoisotopic (exact) mass is 366 g/mol. The number of hydrogen-bond donors (Lipinski definition) is 3. The molecule has 5 nitrogen and oxygen atoms in total. The molecule has 6 heteroatoms. The third-order valence-corrected chi connectivity index (χ3v) is 5.33. The fourth-order valence-electron chi connectivity index (χ4n) is 3.67. The Bertz CT molecular complexity index is 1080. The average molecular weight is 367 g/mol. The van der Waals surface area contributed by atoms with Crippen LogP contribution in [0.2, 0.25) is 5.02 Å². The number of ether oxygens (including phenoxy) is 1. The summed E-state index contributed by atoms with van der Waals surface area (Å²) < 4.78 is 5.62. The fraction of sp³-hybridized carbons (Fsp3) is 0.250. The van der Waals surface area contributed by atoms with Crippen molar-refractivity contribution in [2.45, 2.75) is 18.8 Å². The summed E-state index contributed by atoms with van der Waals surface area (Å²) in [5.41, 5.74) is 5.17. The second-order valence-corrected chi connectivity index (χ2v) is 7.21. The number of hydrogen-bond acceptors (Lipinski definition) is 3. The minimum Gasteiger partial charge on any atom is -0.381 e. The molecule has 2 aromatic heterocycles. The molecule has 1 unspecified atom stereocenters. The van der Waals surface area contributed by atoms with E-state index in [2.05, 4.69) is 38.5 Å². The van der Waals surface area contributed by atoms with Crippen molar-refractivity contribution in [3.63, 3.8) is 0 Å². The maximum atomic E-state index is 6.35. The van der Waals surface area contributed by atoms with Crippen molar-refractivity contribution in [3.8, 4) is 0 Å². The van der Waals surface area contributed by atoms with E-state index in [1.165, 1.54) is 12.0 Å². The Hall–Kier alpha value is -2.50. The zero-order valence-corrected chi connectivity index (χ0v) is 14.9. The second kappa shape index (κ2) is 6.34. The number of H-pyrrole nitrogens is 2. The van der Waals surface area contributed by atoms with Crippen LogP contribution in [0, 0.1) is 0 Å². The quantitative estimate of drug-likeness (QED) is 0.458. The molecule has 0 bridgehead atoms. The molecule has 4 aromatic rings. The smallest absolute Gasteiger partial charge is 0.205 e. The molecule has 1 aliphatic rings. The second-order valence-electron chi connectivity index (χ2n) is 6.80. The van der Waals surface area contributed by atoms with Crippen LogP contribution in [0.5, 0.6) is 0 Å². The van der Waals surface area contributed by atoms with E-state index in [1.54, 1.807) is 0 Å². The topological polar surface area (TPSA) is 65.7 Å². The van der Waals surface area contributed by atoms with Gasteiger partial charge in [0.15, 0.2) is 0 Å². The summed E-state index contributed by atoms with van der Waals surface area (Å²) in [5.74, 6) is 1.18. The Morgan fingerprint density at radius 2 is 2.12 bits per heavy atom. The van der Waals surface area contributed by atoms with Crippen LogP contribution in [0.3, 0.4) is 0 Å². The number of aromatic amines is 2. The van der Waals surface area contributed by atoms with Crippen molar-refractivity contribution in [3.05, 3.63) is 53.2 Å². The molecule has 1 aliphatic heterocycles. The van der Waals surface area contributed by atoms with Crippen molar-refractivity contribution < 1.29 is 4.74 Å². The molecule has 1 fully saturated rings. The third kappa shape index (κ3) is 2.83. The number of halogens is 1. The van der Waals surface area contributed by atoms with Crippen LogP contribution >= 0.6 is 11.6 Å². The van der Waals surface area contributed by atoms with Crippen LogP contribution < -0.4 is 5.32 Å². The van der Waals surface area contributed by atoms with Gasteiger partial charge in [-0.3, -0.25) is 0 Å². The van der Waals surface area contributed by atoms with E-state index in [-0.39, 0.29) is 0 Å². The molecule has 0 aliphatic carbocycles. The van der Waals surface area contributed by atoms with Crippen LogP contribution in [0.4, 0.5) is 11.6 Å².